The fourth-order valence-corrected chi connectivity index (χ4v) is 2.78. The van der Waals surface area contributed by atoms with Crippen LogP contribution >= 0.6 is 15.9 Å². The molecule has 1 atom stereocenters. The molecule has 8 nitrogen and oxygen atoms in total. The molecule has 2 rings (SSSR count). The lowest BCUT2D eigenvalue weighted by atomic mass is 9.80. The molecule has 1 heterocycles. The van der Waals surface area contributed by atoms with E-state index in [4.69, 9.17) is 14.0 Å². The quantitative estimate of drug-likeness (QED) is 0.268. The van der Waals surface area contributed by atoms with Gasteiger partial charge in [0.1, 0.15) is 10.5 Å². The first-order valence-electron chi connectivity index (χ1n) is 8.33. The van der Waals surface area contributed by atoms with Crippen LogP contribution in [0.25, 0.3) is 0 Å². The van der Waals surface area contributed by atoms with E-state index in [1.54, 1.807) is 37.4 Å². The summed E-state index contributed by atoms with van der Waals surface area (Å²) in [5, 5.41) is 0. The van der Waals surface area contributed by atoms with E-state index in [1.807, 2.05) is 0 Å². The molecule has 0 saturated carbocycles. The largest absolute Gasteiger partial charge is 0.621 e. The second-order valence-corrected chi connectivity index (χ2v) is 6.98. The van der Waals surface area contributed by atoms with Gasteiger partial charge in [-0.3, -0.25) is 19.3 Å². The maximum atomic E-state index is 12.3. The van der Waals surface area contributed by atoms with E-state index < -0.39 is 29.8 Å². The topological polar surface area (TPSA) is 99.2 Å². The minimum atomic E-state index is -1.32. The van der Waals surface area contributed by atoms with E-state index >= 15 is 0 Å². The van der Waals surface area contributed by atoms with Crippen LogP contribution < -0.4 is 0 Å². The highest BCUT2D eigenvalue weighted by Crippen LogP contribution is 2.15. The maximum Gasteiger partial charge on any atom is 0.621 e. The Labute approximate surface area is 165 Å². The van der Waals surface area contributed by atoms with Gasteiger partial charge in [-0.15, -0.1) is 0 Å². The number of ketones is 1. The van der Waals surface area contributed by atoms with Crippen LogP contribution in [-0.2, 0) is 28.4 Å². The molecule has 27 heavy (non-hydrogen) atoms. The van der Waals surface area contributed by atoms with Gasteiger partial charge in [-0.05, 0) is 25.6 Å². The Morgan fingerprint density at radius 3 is 2.37 bits per heavy atom. The second kappa shape index (κ2) is 10.2. The molecular formula is C17H19BBrNO7. The van der Waals surface area contributed by atoms with Crippen molar-refractivity contribution in [2.75, 3.05) is 26.7 Å². The summed E-state index contributed by atoms with van der Waals surface area (Å²) in [5.74, 6) is -1.98. The van der Waals surface area contributed by atoms with Crippen LogP contribution in [-0.4, -0.2) is 67.2 Å². The summed E-state index contributed by atoms with van der Waals surface area (Å²) < 4.78 is 14.2. The Morgan fingerprint density at radius 1 is 1.19 bits per heavy atom. The molecule has 144 valence electrons. The Balaban J connectivity index is 1.78. The standard InChI is InChI=1S/C17H19BBrNO7/c1-20-10-14(22)26-18(27-15(23)11-20)16(19)13(21)8-5-9-25-17(24)12-6-3-2-4-7-12/h2-4,6-7,16H,5,8-11H2,1H3/t16-/m0/s1. The number of likely N-dealkylation sites (N-methyl/N-ethyl adjacent to an activating group) is 1. The van der Waals surface area contributed by atoms with E-state index in [1.165, 1.54) is 4.90 Å². The third kappa shape index (κ3) is 6.80. The van der Waals surface area contributed by atoms with E-state index in [9.17, 15) is 19.2 Å². The molecule has 1 fully saturated rings. The van der Waals surface area contributed by atoms with Gasteiger partial charge in [0.15, 0.2) is 0 Å². The number of Topliss-reactive ketones (excluding diaryl/α,β-unsaturated/α-hetero) is 1. The van der Waals surface area contributed by atoms with Gasteiger partial charge in [0.2, 0.25) is 0 Å². The number of hydrogen-bond acceptors (Lipinski definition) is 8. The molecule has 0 aromatic heterocycles. The molecule has 0 radical (unpaired) electrons. The van der Waals surface area contributed by atoms with Crippen LogP contribution in [0, 0.1) is 0 Å². The van der Waals surface area contributed by atoms with Crippen molar-refractivity contribution in [3.63, 3.8) is 0 Å². The summed E-state index contributed by atoms with van der Waals surface area (Å²) in [6, 6.07) is 8.52. The Bertz CT molecular complexity index is 680. The molecule has 0 unspecified atom stereocenters. The SMILES string of the molecule is CN1CC(=O)OB([C@@H](Br)C(=O)CCCOC(=O)c2ccccc2)OC(=O)C1. The van der Waals surface area contributed by atoms with E-state index in [0.717, 1.165) is 0 Å². The highest BCUT2D eigenvalue weighted by atomic mass is 79.9. The van der Waals surface area contributed by atoms with Crippen molar-refractivity contribution in [2.45, 2.75) is 17.6 Å². The van der Waals surface area contributed by atoms with E-state index in [2.05, 4.69) is 15.9 Å². The van der Waals surface area contributed by atoms with Crippen LogP contribution in [0.3, 0.4) is 0 Å². The molecular weight excluding hydrogens is 421 g/mol. The number of halogens is 1. The van der Waals surface area contributed by atoms with Gasteiger partial charge in [0, 0.05) is 6.42 Å². The highest BCUT2D eigenvalue weighted by molar-refractivity contribution is 9.10. The molecule has 0 spiro atoms. The first-order chi connectivity index (χ1) is 12.9. The van der Waals surface area contributed by atoms with Crippen LogP contribution in [0.5, 0.6) is 0 Å². The number of nitrogens with zero attached hydrogens (tertiary/aromatic N) is 1. The van der Waals surface area contributed by atoms with Gasteiger partial charge in [-0.1, -0.05) is 34.1 Å². The smallest absolute Gasteiger partial charge is 0.497 e. The predicted molar refractivity (Wildman–Crippen MR) is 99.1 cm³/mol. The van der Waals surface area contributed by atoms with Gasteiger partial charge in [0.25, 0.3) is 0 Å². The van der Waals surface area contributed by atoms with Crippen molar-refractivity contribution in [2.24, 2.45) is 0 Å². The van der Waals surface area contributed by atoms with Crippen molar-refractivity contribution >= 4 is 46.7 Å². The predicted octanol–water partition coefficient (Wildman–Crippen LogP) is 1.02. The van der Waals surface area contributed by atoms with Gasteiger partial charge in [-0.25, -0.2) is 4.79 Å². The lowest BCUT2D eigenvalue weighted by Crippen LogP contribution is -2.48. The summed E-state index contributed by atoms with van der Waals surface area (Å²) in [4.78, 5) is 48.9. The van der Waals surface area contributed by atoms with Crippen LogP contribution in [0.2, 0.25) is 0 Å². The zero-order valence-corrected chi connectivity index (χ0v) is 16.3. The molecule has 1 aliphatic rings. The summed E-state index contributed by atoms with van der Waals surface area (Å²) in [6.07, 6.45) is 0.348. The molecule has 0 bridgehead atoms. The number of benzene rings is 1. The van der Waals surface area contributed by atoms with Crippen molar-refractivity contribution < 1.29 is 33.2 Å². The molecule has 1 aliphatic heterocycles. The zero-order chi connectivity index (χ0) is 19.8. The van der Waals surface area contributed by atoms with Crippen LogP contribution in [0.15, 0.2) is 30.3 Å². The van der Waals surface area contributed by atoms with Crippen LogP contribution in [0.4, 0.5) is 0 Å². The van der Waals surface area contributed by atoms with Gasteiger partial charge in [-0.2, -0.15) is 0 Å². The zero-order valence-electron chi connectivity index (χ0n) is 14.8. The minimum absolute atomic E-state index is 0.0590. The molecule has 0 amide bonds. The van der Waals surface area contributed by atoms with Gasteiger partial charge < -0.3 is 14.0 Å². The highest BCUT2D eigenvalue weighted by Gasteiger charge is 2.41. The fraction of sp³-hybridized carbons (Fsp3) is 0.412. The summed E-state index contributed by atoms with van der Waals surface area (Å²) in [7, 11) is 0.258. The Kier molecular flexibility index (Phi) is 7.99. The number of ether oxygens (including phenoxy) is 1. The minimum Gasteiger partial charge on any atom is -0.497 e. The molecule has 1 aromatic carbocycles. The third-order valence-corrected chi connectivity index (χ3v) is 4.59. The molecule has 1 saturated heterocycles. The lowest BCUT2D eigenvalue weighted by Gasteiger charge is -2.24. The normalized spacial score (nSPS) is 16.6. The van der Waals surface area contributed by atoms with E-state index in [0.29, 0.717) is 5.56 Å². The van der Waals surface area contributed by atoms with Crippen molar-refractivity contribution in [1.82, 2.24) is 4.90 Å². The Morgan fingerprint density at radius 2 is 1.78 bits per heavy atom. The van der Waals surface area contributed by atoms with E-state index in [-0.39, 0.29) is 38.3 Å². The van der Waals surface area contributed by atoms with Gasteiger partial charge in [0.05, 0.1) is 25.3 Å². The Hall–Kier alpha value is -2.20. The number of carbonyl (C=O) groups excluding carboxylic acids is 4. The number of hydrogen-bond donors (Lipinski definition) is 0. The molecule has 10 heteroatoms. The third-order valence-electron chi connectivity index (χ3n) is 3.65. The maximum absolute atomic E-state index is 12.3. The summed E-state index contributed by atoms with van der Waals surface area (Å²) >= 11 is 3.13. The summed E-state index contributed by atoms with van der Waals surface area (Å²) in [6.45, 7) is -0.0852. The van der Waals surface area contributed by atoms with Gasteiger partial charge >= 0.3 is 25.0 Å². The lowest BCUT2D eigenvalue weighted by molar-refractivity contribution is -0.145. The number of carbonyl (C=O) groups is 4. The average Bonchev–Trinajstić information content (AvgIpc) is 2.63. The first kappa shape index (κ1) is 21.1. The molecule has 0 N–H and O–H groups in total. The van der Waals surface area contributed by atoms with Crippen molar-refractivity contribution in [3.8, 4) is 0 Å². The fourth-order valence-electron chi connectivity index (χ4n) is 2.33. The monoisotopic (exact) mass is 439 g/mol. The number of alkyl halides is 1. The number of rotatable bonds is 7. The summed E-state index contributed by atoms with van der Waals surface area (Å²) in [5.41, 5.74) is 0.431. The van der Waals surface area contributed by atoms with Crippen molar-refractivity contribution in [3.05, 3.63) is 35.9 Å². The average molecular weight is 440 g/mol. The van der Waals surface area contributed by atoms with Crippen LogP contribution in [0.1, 0.15) is 23.2 Å². The van der Waals surface area contributed by atoms with Crippen molar-refractivity contribution in [1.29, 1.82) is 0 Å². The number of esters is 1. The first-order valence-corrected chi connectivity index (χ1v) is 9.25. The second-order valence-electron chi connectivity index (χ2n) is 5.99. The molecule has 1 aromatic rings. The molecule has 0 aliphatic carbocycles.